The highest BCUT2D eigenvalue weighted by Crippen LogP contribution is 2.14. The molecule has 0 fully saturated rings. The molecule has 0 aliphatic heterocycles. The van der Waals surface area contributed by atoms with Crippen LogP contribution in [0.4, 0.5) is 5.69 Å². The topological polar surface area (TPSA) is 79.3 Å². The molecular weight excluding hydrogens is 176 g/mol. The van der Waals surface area contributed by atoms with Crippen LogP contribution < -0.4 is 9.47 Å². The maximum absolute atomic E-state index is 11.0. The molecule has 0 aliphatic rings. The lowest BCUT2D eigenvalue weighted by atomic mass is 10.4. The van der Waals surface area contributed by atoms with E-state index in [4.69, 9.17) is 4.74 Å². The Bertz CT molecular complexity index is 326. The van der Waals surface area contributed by atoms with Crippen LogP contribution in [0, 0.1) is 15.3 Å². The number of hydrogen-bond donors (Lipinski definition) is 0. The van der Waals surface area contributed by atoms with Crippen LogP contribution in [0.25, 0.3) is 0 Å². The molecule has 0 unspecified atom stereocenters. The monoisotopic (exact) mass is 184 g/mol. The molecule has 13 heavy (non-hydrogen) atoms. The minimum atomic E-state index is -0.581. The van der Waals surface area contributed by atoms with Crippen molar-refractivity contribution in [2.75, 3.05) is 6.61 Å². The molecule has 0 radical (unpaired) electrons. The molecule has 1 rings (SSSR count). The van der Waals surface area contributed by atoms with Gasteiger partial charge < -0.3 is 9.94 Å². The zero-order valence-corrected chi connectivity index (χ0v) is 6.97. The fourth-order valence-corrected chi connectivity index (χ4v) is 0.822. The van der Waals surface area contributed by atoms with E-state index in [0.717, 1.165) is 18.3 Å². The molecule has 0 amide bonds. The van der Waals surface area contributed by atoms with Gasteiger partial charge in [-0.15, -0.1) is 4.73 Å². The van der Waals surface area contributed by atoms with Crippen molar-refractivity contribution < 1.29 is 14.4 Å². The van der Waals surface area contributed by atoms with Crippen LogP contribution in [0.5, 0.6) is 5.88 Å². The van der Waals surface area contributed by atoms with Crippen LogP contribution >= 0.6 is 0 Å². The first-order chi connectivity index (χ1) is 6.15. The van der Waals surface area contributed by atoms with E-state index in [2.05, 4.69) is 0 Å². The number of ether oxygens (including phenoxy) is 1. The SMILES string of the molecule is CCOc1cc([N+](=O)[O-])cc[n+]1[O-]. The first-order valence-corrected chi connectivity index (χ1v) is 3.65. The summed E-state index contributed by atoms with van der Waals surface area (Å²) in [5.41, 5.74) is -0.157. The molecule has 0 atom stereocenters. The summed E-state index contributed by atoms with van der Waals surface area (Å²) in [6.45, 7) is 1.99. The first kappa shape index (κ1) is 9.24. The van der Waals surface area contributed by atoms with Gasteiger partial charge in [0.2, 0.25) is 0 Å². The summed E-state index contributed by atoms with van der Waals surface area (Å²) in [6.07, 6.45) is 1.04. The summed E-state index contributed by atoms with van der Waals surface area (Å²) in [5.74, 6) is -0.0586. The predicted molar refractivity (Wildman–Crippen MR) is 43.2 cm³/mol. The molecule has 0 aliphatic carbocycles. The Kier molecular flexibility index (Phi) is 2.63. The number of rotatable bonds is 3. The van der Waals surface area contributed by atoms with Crippen molar-refractivity contribution in [2.45, 2.75) is 6.92 Å². The van der Waals surface area contributed by atoms with Gasteiger partial charge in [-0.2, -0.15) is 0 Å². The summed E-state index contributed by atoms with van der Waals surface area (Å²) in [7, 11) is 0. The van der Waals surface area contributed by atoms with Gasteiger partial charge in [0.15, 0.2) is 6.20 Å². The Morgan fingerprint density at radius 2 is 2.38 bits per heavy atom. The maximum Gasteiger partial charge on any atom is 0.386 e. The Morgan fingerprint density at radius 3 is 2.92 bits per heavy atom. The Balaban J connectivity index is 3.03. The van der Waals surface area contributed by atoms with E-state index in [1.807, 2.05) is 0 Å². The summed E-state index contributed by atoms with van der Waals surface area (Å²) < 4.78 is 5.31. The average Bonchev–Trinajstić information content (AvgIpc) is 2.08. The van der Waals surface area contributed by atoms with Crippen LogP contribution in [0.2, 0.25) is 0 Å². The highest BCUT2D eigenvalue weighted by molar-refractivity contribution is 5.29. The van der Waals surface area contributed by atoms with E-state index in [9.17, 15) is 15.3 Å². The maximum atomic E-state index is 11.0. The summed E-state index contributed by atoms with van der Waals surface area (Å²) >= 11 is 0. The number of aromatic nitrogens is 1. The minimum Gasteiger partial charge on any atom is -0.616 e. The number of nitro groups is 1. The van der Waals surface area contributed by atoms with E-state index >= 15 is 0 Å². The second kappa shape index (κ2) is 3.70. The second-order valence-electron chi connectivity index (χ2n) is 2.24. The normalized spacial score (nSPS) is 9.62. The number of nitrogens with zero attached hydrogens (tertiary/aromatic N) is 2. The van der Waals surface area contributed by atoms with Crippen LogP contribution in [-0.4, -0.2) is 11.5 Å². The van der Waals surface area contributed by atoms with Gasteiger partial charge in [-0.3, -0.25) is 10.1 Å². The molecule has 0 saturated carbocycles. The molecule has 0 spiro atoms. The molecule has 0 saturated heterocycles. The third kappa shape index (κ3) is 2.05. The lowest BCUT2D eigenvalue weighted by molar-refractivity contribution is -0.613. The van der Waals surface area contributed by atoms with Crippen LogP contribution in [0.15, 0.2) is 18.3 Å². The van der Waals surface area contributed by atoms with Crippen molar-refractivity contribution in [3.63, 3.8) is 0 Å². The lowest BCUT2D eigenvalue weighted by Crippen LogP contribution is -2.28. The molecule has 1 aromatic rings. The van der Waals surface area contributed by atoms with Crippen molar-refractivity contribution in [3.05, 3.63) is 33.7 Å². The molecule has 0 bridgehead atoms. The molecule has 1 heterocycles. The Hall–Kier alpha value is -1.85. The zero-order valence-electron chi connectivity index (χ0n) is 6.97. The van der Waals surface area contributed by atoms with Crippen LogP contribution in [0.3, 0.4) is 0 Å². The molecule has 1 aromatic heterocycles. The van der Waals surface area contributed by atoms with Crippen molar-refractivity contribution in [3.8, 4) is 5.88 Å². The first-order valence-electron chi connectivity index (χ1n) is 3.65. The standard InChI is InChI=1S/C7H8N2O4/c1-2-13-7-5-6(9(11)12)3-4-8(7)10/h3-5H,2H2,1H3. The summed E-state index contributed by atoms with van der Waals surface area (Å²) in [6, 6.07) is 2.21. The van der Waals surface area contributed by atoms with Crippen molar-refractivity contribution >= 4 is 5.69 Å². The zero-order chi connectivity index (χ0) is 9.84. The van der Waals surface area contributed by atoms with Crippen LogP contribution in [0.1, 0.15) is 6.92 Å². The molecular formula is C7H8N2O4. The molecule has 70 valence electrons. The van der Waals surface area contributed by atoms with E-state index in [0.29, 0.717) is 11.3 Å². The molecule has 0 aromatic carbocycles. The van der Waals surface area contributed by atoms with Gasteiger partial charge in [0.05, 0.1) is 17.6 Å². The quantitative estimate of drug-likeness (QED) is 0.298. The Morgan fingerprint density at radius 1 is 1.69 bits per heavy atom. The average molecular weight is 184 g/mol. The van der Waals surface area contributed by atoms with Gasteiger partial charge >= 0.3 is 5.88 Å². The predicted octanol–water partition coefficient (Wildman–Crippen LogP) is 0.627. The largest absolute Gasteiger partial charge is 0.616 e. The van der Waals surface area contributed by atoms with Crippen molar-refractivity contribution in [1.82, 2.24) is 0 Å². The fourth-order valence-electron chi connectivity index (χ4n) is 0.822. The third-order valence-electron chi connectivity index (χ3n) is 1.37. The van der Waals surface area contributed by atoms with Crippen molar-refractivity contribution in [2.24, 2.45) is 0 Å². The highest BCUT2D eigenvalue weighted by Gasteiger charge is 2.14. The van der Waals surface area contributed by atoms with Gasteiger partial charge in [0.1, 0.15) is 6.07 Å². The molecule has 6 heteroatoms. The van der Waals surface area contributed by atoms with Gasteiger partial charge in [0, 0.05) is 0 Å². The minimum absolute atomic E-state index is 0.0586. The van der Waals surface area contributed by atoms with E-state index in [1.165, 1.54) is 0 Å². The summed E-state index contributed by atoms with van der Waals surface area (Å²) in [4.78, 5) is 9.73. The Labute approximate surface area is 74.1 Å². The van der Waals surface area contributed by atoms with E-state index < -0.39 is 4.92 Å². The van der Waals surface area contributed by atoms with E-state index in [-0.39, 0.29) is 11.6 Å². The lowest BCUT2D eigenvalue weighted by Gasteiger charge is -2.02. The van der Waals surface area contributed by atoms with E-state index in [1.54, 1.807) is 6.92 Å². The van der Waals surface area contributed by atoms with Crippen molar-refractivity contribution in [1.29, 1.82) is 0 Å². The fraction of sp³-hybridized carbons (Fsp3) is 0.286. The third-order valence-corrected chi connectivity index (χ3v) is 1.37. The molecule has 0 N–H and O–H groups in total. The number of hydrogen-bond acceptors (Lipinski definition) is 4. The summed E-state index contributed by atoms with van der Waals surface area (Å²) in [5, 5.41) is 21.3. The van der Waals surface area contributed by atoms with Gasteiger partial charge in [-0.25, -0.2) is 0 Å². The molecule has 6 nitrogen and oxygen atoms in total. The van der Waals surface area contributed by atoms with Crippen LogP contribution in [-0.2, 0) is 0 Å². The van der Waals surface area contributed by atoms with Gasteiger partial charge in [0.25, 0.3) is 5.69 Å². The van der Waals surface area contributed by atoms with Gasteiger partial charge in [-0.05, 0) is 6.92 Å². The second-order valence-corrected chi connectivity index (χ2v) is 2.24. The van der Waals surface area contributed by atoms with Gasteiger partial charge in [-0.1, -0.05) is 0 Å². The smallest absolute Gasteiger partial charge is 0.386 e. The highest BCUT2D eigenvalue weighted by atomic mass is 16.6. The number of pyridine rings is 1.